The number of benzene rings is 1. The molecule has 1 rings (SSSR count). The minimum Gasteiger partial charge on any atom is -0.207 e. The third-order valence-electron chi connectivity index (χ3n) is 3.39. The zero-order valence-electron chi connectivity index (χ0n) is 11.1. The number of alkyl halides is 1. The molecular weight excluding hydrogens is 298 g/mol. The maximum absolute atomic E-state index is 13.6. The Morgan fingerprint density at radius 2 is 1.94 bits per heavy atom. The molecule has 0 aromatic heterocycles. The van der Waals surface area contributed by atoms with Gasteiger partial charge < -0.3 is 0 Å². The molecule has 3 heteroatoms. The van der Waals surface area contributed by atoms with Crippen molar-refractivity contribution < 1.29 is 8.78 Å². The summed E-state index contributed by atoms with van der Waals surface area (Å²) < 4.78 is 26.4. The number of hydrogen-bond donors (Lipinski definition) is 0. The van der Waals surface area contributed by atoms with E-state index < -0.39 is 11.6 Å². The normalized spacial score (nSPS) is 14.5. The van der Waals surface area contributed by atoms with Crippen molar-refractivity contribution in [2.75, 3.05) is 0 Å². The Morgan fingerprint density at radius 1 is 1.22 bits per heavy atom. The van der Waals surface area contributed by atoms with Gasteiger partial charge in [0.05, 0.1) is 0 Å². The summed E-state index contributed by atoms with van der Waals surface area (Å²) in [7, 11) is 0. The van der Waals surface area contributed by atoms with Gasteiger partial charge >= 0.3 is 0 Å². The molecule has 1 aromatic rings. The third kappa shape index (κ3) is 4.68. The largest absolute Gasteiger partial charge is 0.207 e. The summed E-state index contributed by atoms with van der Waals surface area (Å²) in [4.78, 5) is 0.258. The third-order valence-corrected chi connectivity index (χ3v) is 4.47. The molecule has 0 nitrogen and oxygen atoms in total. The molecule has 0 saturated heterocycles. The van der Waals surface area contributed by atoms with E-state index in [1.54, 1.807) is 6.07 Å². The number of halogens is 3. The van der Waals surface area contributed by atoms with Gasteiger partial charge in [0.1, 0.15) is 11.6 Å². The van der Waals surface area contributed by atoms with E-state index in [2.05, 4.69) is 29.8 Å². The van der Waals surface area contributed by atoms with E-state index in [0.29, 0.717) is 17.9 Å². The lowest BCUT2D eigenvalue weighted by molar-refractivity contribution is 0.434. The predicted molar refractivity (Wildman–Crippen MR) is 76.1 cm³/mol. The maximum atomic E-state index is 13.6. The first kappa shape index (κ1) is 15.6. The SMILES string of the molecule is CCCCC(CC)C(Br)Cc1ccc(F)cc1F. The minimum absolute atomic E-state index is 0.258. The van der Waals surface area contributed by atoms with Gasteiger partial charge in [-0.1, -0.05) is 55.1 Å². The second-order valence-corrected chi connectivity index (χ2v) is 5.94. The Morgan fingerprint density at radius 3 is 2.50 bits per heavy atom. The first-order valence-corrected chi connectivity index (χ1v) is 7.58. The molecule has 18 heavy (non-hydrogen) atoms. The molecule has 0 heterocycles. The summed E-state index contributed by atoms with van der Waals surface area (Å²) in [6.45, 7) is 4.34. The summed E-state index contributed by atoms with van der Waals surface area (Å²) in [5.74, 6) is -0.403. The zero-order valence-corrected chi connectivity index (χ0v) is 12.6. The van der Waals surface area contributed by atoms with E-state index in [-0.39, 0.29) is 4.83 Å². The number of hydrogen-bond acceptors (Lipinski definition) is 0. The van der Waals surface area contributed by atoms with Crippen molar-refractivity contribution in [2.24, 2.45) is 5.92 Å². The molecule has 0 aliphatic carbocycles. The van der Waals surface area contributed by atoms with Gasteiger partial charge in [-0.25, -0.2) is 8.78 Å². The molecule has 0 amide bonds. The van der Waals surface area contributed by atoms with Crippen LogP contribution >= 0.6 is 15.9 Å². The van der Waals surface area contributed by atoms with Crippen LogP contribution in [0.2, 0.25) is 0 Å². The van der Waals surface area contributed by atoms with Crippen LogP contribution < -0.4 is 0 Å². The average molecular weight is 319 g/mol. The highest BCUT2D eigenvalue weighted by Crippen LogP contribution is 2.26. The van der Waals surface area contributed by atoms with Crippen LogP contribution in [0.15, 0.2) is 18.2 Å². The van der Waals surface area contributed by atoms with Crippen LogP contribution in [-0.4, -0.2) is 4.83 Å². The van der Waals surface area contributed by atoms with Crippen molar-refractivity contribution >= 4 is 15.9 Å². The molecule has 0 saturated carbocycles. The highest BCUT2D eigenvalue weighted by atomic mass is 79.9. The molecule has 2 unspecified atom stereocenters. The number of unbranched alkanes of at least 4 members (excludes halogenated alkanes) is 1. The molecule has 102 valence electrons. The van der Waals surface area contributed by atoms with Crippen LogP contribution in [0, 0.1) is 17.6 Å². The molecule has 0 N–H and O–H groups in total. The van der Waals surface area contributed by atoms with Gasteiger partial charge in [0.25, 0.3) is 0 Å². The van der Waals surface area contributed by atoms with Crippen molar-refractivity contribution in [1.82, 2.24) is 0 Å². The van der Waals surface area contributed by atoms with Gasteiger partial charge in [0, 0.05) is 10.9 Å². The van der Waals surface area contributed by atoms with Crippen molar-refractivity contribution in [3.8, 4) is 0 Å². The molecule has 0 fully saturated rings. The minimum atomic E-state index is -0.514. The molecule has 0 aliphatic heterocycles. The fraction of sp³-hybridized carbons (Fsp3) is 0.600. The fourth-order valence-electron chi connectivity index (χ4n) is 2.17. The topological polar surface area (TPSA) is 0 Å². The Kier molecular flexibility index (Phi) is 6.83. The molecule has 2 atom stereocenters. The molecule has 0 radical (unpaired) electrons. The summed E-state index contributed by atoms with van der Waals surface area (Å²) in [6, 6.07) is 3.83. The van der Waals surface area contributed by atoms with Crippen LogP contribution in [-0.2, 0) is 6.42 Å². The summed E-state index contributed by atoms with van der Waals surface area (Å²) in [5.41, 5.74) is 0.591. The van der Waals surface area contributed by atoms with Gasteiger partial charge in [-0.3, -0.25) is 0 Å². The van der Waals surface area contributed by atoms with Gasteiger partial charge in [-0.2, -0.15) is 0 Å². The number of rotatable bonds is 7. The Bertz CT molecular complexity index is 366. The molecule has 1 aromatic carbocycles. The van der Waals surface area contributed by atoms with E-state index in [0.717, 1.165) is 18.9 Å². The first-order valence-electron chi connectivity index (χ1n) is 6.66. The quantitative estimate of drug-likeness (QED) is 0.583. The smallest absolute Gasteiger partial charge is 0.129 e. The van der Waals surface area contributed by atoms with E-state index in [4.69, 9.17) is 0 Å². The second kappa shape index (κ2) is 7.88. The van der Waals surface area contributed by atoms with Crippen molar-refractivity contribution in [3.63, 3.8) is 0 Å². The maximum Gasteiger partial charge on any atom is 0.129 e. The Hall–Kier alpha value is -0.440. The highest BCUT2D eigenvalue weighted by Gasteiger charge is 2.18. The molecule has 0 bridgehead atoms. The fourth-order valence-corrected chi connectivity index (χ4v) is 3.16. The zero-order chi connectivity index (χ0) is 13.5. The average Bonchev–Trinajstić information content (AvgIpc) is 2.34. The van der Waals surface area contributed by atoms with Crippen LogP contribution in [0.1, 0.15) is 45.1 Å². The van der Waals surface area contributed by atoms with Gasteiger partial charge in [-0.15, -0.1) is 0 Å². The van der Waals surface area contributed by atoms with E-state index in [9.17, 15) is 8.78 Å². The van der Waals surface area contributed by atoms with E-state index >= 15 is 0 Å². The Labute approximate surface area is 117 Å². The van der Waals surface area contributed by atoms with Gasteiger partial charge in [0.15, 0.2) is 0 Å². The van der Waals surface area contributed by atoms with E-state index in [1.165, 1.54) is 18.9 Å². The van der Waals surface area contributed by atoms with Crippen LogP contribution in [0.3, 0.4) is 0 Å². The first-order chi connectivity index (χ1) is 8.58. The molecule has 0 spiro atoms. The lowest BCUT2D eigenvalue weighted by atomic mass is 9.92. The van der Waals surface area contributed by atoms with Gasteiger partial charge in [-0.05, 0) is 30.4 Å². The van der Waals surface area contributed by atoms with Crippen molar-refractivity contribution in [3.05, 3.63) is 35.4 Å². The van der Waals surface area contributed by atoms with Crippen LogP contribution in [0.4, 0.5) is 8.78 Å². The van der Waals surface area contributed by atoms with Crippen molar-refractivity contribution in [1.29, 1.82) is 0 Å². The second-order valence-electron chi connectivity index (χ2n) is 4.77. The predicted octanol–water partition coefficient (Wildman–Crippen LogP) is 5.49. The van der Waals surface area contributed by atoms with E-state index in [1.807, 2.05) is 0 Å². The summed E-state index contributed by atoms with van der Waals surface area (Å²) >= 11 is 3.66. The van der Waals surface area contributed by atoms with Gasteiger partial charge in [0.2, 0.25) is 0 Å². The highest BCUT2D eigenvalue weighted by molar-refractivity contribution is 9.09. The Balaban J connectivity index is 2.64. The monoisotopic (exact) mass is 318 g/mol. The summed E-state index contributed by atoms with van der Waals surface area (Å²) in [6.07, 6.45) is 5.24. The van der Waals surface area contributed by atoms with Crippen LogP contribution in [0.25, 0.3) is 0 Å². The lowest BCUT2D eigenvalue weighted by Crippen LogP contribution is -2.17. The van der Waals surface area contributed by atoms with Crippen molar-refractivity contribution in [2.45, 2.75) is 50.8 Å². The molecule has 0 aliphatic rings. The standard InChI is InChI=1S/C15H21BrF2/c1-3-5-6-11(4-2)14(16)9-12-7-8-13(17)10-15(12)18/h7-8,10-11,14H,3-6,9H2,1-2H3. The lowest BCUT2D eigenvalue weighted by Gasteiger charge is -2.21. The van der Waals surface area contributed by atoms with Crippen LogP contribution in [0.5, 0.6) is 0 Å². The summed E-state index contributed by atoms with van der Waals surface area (Å²) in [5, 5.41) is 0. The molecular formula is C15H21BrF2.